The molecule has 74 valence electrons. The first kappa shape index (κ1) is 9.40. The van der Waals surface area contributed by atoms with Crippen LogP contribution in [0.2, 0.25) is 0 Å². The number of anilines is 1. The van der Waals surface area contributed by atoms with Crippen molar-refractivity contribution in [3.63, 3.8) is 0 Å². The minimum absolute atomic E-state index is 0.261. The Morgan fingerprint density at radius 1 is 1.14 bits per heavy atom. The first-order valence-electron chi connectivity index (χ1n) is 4.99. The molecule has 0 aliphatic carbocycles. The van der Waals surface area contributed by atoms with Crippen molar-refractivity contribution in [3.8, 4) is 5.75 Å². The zero-order chi connectivity index (χ0) is 9.80. The smallest absolute Gasteiger partial charge is 0.504 e. The number of benzene rings is 1. The number of hydrogen-bond acceptors (Lipinski definition) is 3. The van der Waals surface area contributed by atoms with Crippen molar-refractivity contribution >= 4 is 13.4 Å². The second kappa shape index (κ2) is 4.37. The molecule has 1 aliphatic heterocycles. The third kappa shape index (κ3) is 2.01. The first-order valence-corrected chi connectivity index (χ1v) is 4.99. The van der Waals surface area contributed by atoms with E-state index in [2.05, 4.69) is 4.90 Å². The van der Waals surface area contributed by atoms with Crippen LogP contribution in [0.5, 0.6) is 5.75 Å². The molecule has 0 bridgehead atoms. The van der Waals surface area contributed by atoms with Gasteiger partial charge in [0.05, 0.1) is 0 Å². The summed E-state index contributed by atoms with van der Waals surface area (Å²) in [7, 11) is -0.261. The summed E-state index contributed by atoms with van der Waals surface area (Å²) < 4.78 is 4.96. The molecule has 0 aromatic heterocycles. The Balaban J connectivity index is 2.05. The van der Waals surface area contributed by atoms with E-state index in [-0.39, 0.29) is 7.69 Å². The molecule has 1 saturated heterocycles. The molecule has 0 spiro atoms. The molecular weight excluding hydrogens is 177 g/mol. The predicted octanol–water partition coefficient (Wildman–Crippen LogP) is 0.924. The molecule has 4 heteroatoms. The summed E-state index contributed by atoms with van der Waals surface area (Å²) in [6, 6.07) is 7.86. The summed E-state index contributed by atoms with van der Waals surface area (Å²) in [6.45, 7) is 2.31. The third-order valence-corrected chi connectivity index (χ3v) is 2.54. The summed E-state index contributed by atoms with van der Waals surface area (Å²) >= 11 is 0. The Bertz CT molecular complexity index is 283. The monoisotopic (exact) mass is 191 g/mol. The van der Waals surface area contributed by atoms with Crippen LogP contribution in [-0.4, -0.2) is 25.8 Å². The molecular formula is C10H14BNO2. The third-order valence-electron chi connectivity index (χ3n) is 2.54. The van der Waals surface area contributed by atoms with E-state index in [4.69, 9.17) is 9.68 Å². The van der Waals surface area contributed by atoms with Gasteiger partial charge in [-0.15, -0.1) is 0 Å². The summed E-state index contributed by atoms with van der Waals surface area (Å²) in [5, 5.41) is 8.57. The van der Waals surface area contributed by atoms with Gasteiger partial charge in [0.15, 0.2) is 0 Å². The van der Waals surface area contributed by atoms with Gasteiger partial charge in [0, 0.05) is 18.8 Å². The van der Waals surface area contributed by atoms with Crippen LogP contribution in [0.25, 0.3) is 0 Å². The standard InChI is InChI=1S/C10H14BNO2/c13-11-14-10-5-3-9(4-6-10)12-7-1-2-8-12/h3-6,11,13H,1-2,7-8H2. The second-order valence-electron chi connectivity index (χ2n) is 3.46. The Labute approximate surface area is 84.6 Å². The summed E-state index contributed by atoms with van der Waals surface area (Å²) in [5.74, 6) is 0.718. The Hall–Kier alpha value is -1.16. The van der Waals surface area contributed by atoms with Crippen LogP contribution >= 0.6 is 0 Å². The van der Waals surface area contributed by atoms with E-state index in [1.807, 2.05) is 24.3 Å². The zero-order valence-corrected chi connectivity index (χ0v) is 8.15. The van der Waals surface area contributed by atoms with E-state index in [0.29, 0.717) is 0 Å². The maximum Gasteiger partial charge on any atom is 0.504 e. The van der Waals surface area contributed by atoms with E-state index in [1.165, 1.54) is 18.5 Å². The van der Waals surface area contributed by atoms with Gasteiger partial charge >= 0.3 is 7.69 Å². The molecule has 1 heterocycles. The lowest BCUT2D eigenvalue weighted by Gasteiger charge is -2.17. The Morgan fingerprint density at radius 3 is 2.36 bits per heavy atom. The average molecular weight is 191 g/mol. The lowest BCUT2D eigenvalue weighted by molar-refractivity contribution is 0.454. The molecule has 0 atom stereocenters. The summed E-state index contributed by atoms with van der Waals surface area (Å²) in [5.41, 5.74) is 1.24. The van der Waals surface area contributed by atoms with Crippen molar-refractivity contribution in [2.24, 2.45) is 0 Å². The number of hydrogen-bond donors (Lipinski definition) is 1. The van der Waals surface area contributed by atoms with Crippen LogP contribution in [0.4, 0.5) is 5.69 Å². The van der Waals surface area contributed by atoms with E-state index in [1.54, 1.807) is 0 Å². The minimum Gasteiger partial charge on any atom is -0.539 e. The molecule has 0 radical (unpaired) electrons. The zero-order valence-electron chi connectivity index (χ0n) is 8.15. The largest absolute Gasteiger partial charge is 0.539 e. The molecule has 0 saturated carbocycles. The molecule has 2 rings (SSSR count). The molecule has 1 fully saturated rings. The van der Waals surface area contributed by atoms with E-state index in [9.17, 15) is 0 Å². The van der Waals surface area contributed by atoms with Gasteiger partial charge in [-0.25, -0.2) is 0 Å². The summed E-state index contributed by atoms with van der Waals surface area (Å²) in [6.07, 6.45) is 2.57. The highest BCUT2D eigenvalue weighted by atomic mass is 16.5. The van der Waals surface area contributed by atoms with Gasteiger partial charge in [-0.2, -0.15) is 0 Å². The van der Waals surface area contributed by atoms with E-state index < -0.39 is 0 Å². The fraction of sp³-hybridized carbons (Fsp3) is 0.400. The van der Waals surface area contributed by atoms with Gasteiger partial charge in [-0.3, -0.25) is 0 Å². The van der Waals surface area contributed by atoms with Crippen LogP contribution in [0, 0.1) is 0 Å². The Kier molecular flexibility index (Phi) is 2.94. The highest BCUT2D eigenvalue weighted by Crippen LogP contribution is 2.22. The molecule has 1 N–H and O–H groups in total. The van der Waals surface area contributed by atoms with Crippen molar-refractivity contribution in [3.05, 3.63) is 24.3 Å². The quantitative estimate of drug-likeness (QED) is 0.721. The van der Waals surface area contributed by atoms with Crippen LogP contribution in [0.15, 0.2) is 24.3 Å². The molecule has 0 unspecified atom stereocenters. The van der Waals surface area contributed by atoms with Crippen molar-refractivity contribution in [2.75, 3.05) is 18.0 Å². The lowest BCUT2D eigenvalue weighted by atomic mass is 10.2. The van der Waals surface area contributed by atoms with Crippen molar-refractivity contribution in [1.29, 1.82) is 0 Å². The normalized spacial score (nSPS) is 15.6. The van der Waals surface area contributed by atoms with Crippen molar-refractivity contribution in [1.82, 2.24) is 0 Å². The lowest BCUT2D eigenvalue weighted by Crippen LogP contribution is -2.17. The fourth-order valence-corrected chi connectivity index (χ4v) is 1.80. The molecule has 14 heavy (non-hydrogen) atoms. The number of rotatable bonds is 3. The predicted molar refractivity (Wildman–Crippen MR) is 57.9 cm³/mol. The van der Waals surface area contributed by atoms with Crippen LogP contribution in [-0.2, 0) is 0 Å². The van der Waals surface area contributed by atoms with Crippen molar-refractivity contribution < 1.29 is 9.68 Å². The molecule has 1 aliphatic rings. The first-order chi connectivity index (χ1) is 6.90. The average Bonchev–Trinajstić information content (AvgIpc) is 2.72. The molecule has 0 amide bonds. The van der Waals surface area contributed by atoms with Crippen LogP contribution < -0.4 is 9.55 Å². The van der Waals surface area contributed by atoms with Gasteiger partial charge < -0.3 is 14.6 Å². The fourth-order valence-electron chi connectivity index (χ4n) is 1.80. The van der Waals surface area contributed by atoms with E-state index >= 15 is 0 Å². The summed E-state index contributed by atoms with van der Waals surface area (Å²) in [4.78, 5) is 2.36. The van der Waals surface area contributed by atoms with Gasteiger partial charge in [0.2, 0.25) is 0 Å². The van der Waals surface area contributed by atoms with Crippen LogP contribution in [0.3, 0.4) is 0 Å². The molecule has 3 nitrogen and oxygen atoms in total. The Morgan fingerprint density at radius 2 is 1.79 bits per heavy atom. The SMILES string of the molecule is OBOc1ccc(N2CCCC2)cc1. The number of nitrogens with zero attached hydrogens (tertiary/aromatic N) is 1. The minimum atomic E-state index is -0.261. The maximum absolute atomic E-state index is 8.57. The van der Waals surface area contributed by atoms with Gasteiger partial charge in [0.1, 0.15) is 5.75 Å². The van der Waals surface area contributed by atoms with Gasteiger partial charge in [-0.1, -0.05) is 0 Å². The van der Waals surface area contributed by atoms with Gasteiger partial charge in [0.25, 0.3) is 0 Å². The topological polar surface area (TPSA) is 32.7 Å². The van der Waals surface area contributed by atoms with E-state index in [0.717, 1.165) is 18.8 Å². The van der Waals surface area contributed by atoms with Crippen LogP contribution in [0.1, 0.15) is 12.8 Å². The molecule has 1 aromatic carbocycles. The second-order valence-corrected chi connectivity index (χ2v) is 3.46. The maximum atomic E-state index is 8.57. The van der Waals surface area contributed by atoms with Gasteiger partial charge in [-0.05, 0) is 37.1 Å². The highest BCUT2D eigenvalue weighted by molar-refractivity contribution is 6.17. The van der Waals surface area contributed by atoms with Crippen molar-refractivity contribution in [2.45, 2.75) is 12.8 Å². The highest BCUT2D eigenvalue weighted by Gasteiger charge is 2.11. The molecule has 1 aromatic rings.